The molecule has 0 fully saturated rings. The average molecular weight is 112 g/mol. The molecule has 0 amide bonds. The smallest absolute Gasteiger partial charge is 0.0500 e. The molecule has 1 heterocycles. The molecule has 8 heavy (non-hydrogen) atoms. The maximum atomic E-state index is 5.22. The van der Waals surface area contributed by atoms with Crippen LogP contribution in [0.4, 0.5) is 0 Å². The van der Waals surface area contributed by atoms with Gasteiger partial charge in [-0.3, -0.25) is 0 Å². The van der Waals surface area contributed by atoms with Crippen LogP contribution < -0.4 is 0 Å². The maximum Gasteiger partial charge on any atom is 0.0500 e. The van der Waals surface area contributed by atoms with Crippen LogP contribution in [0.5, 0.6) is 0 Å². The largest absolute Gasteiger partial charge is 0.381 e. The van der Waals surface area contributed by atoms with E-state index in [9.17, 15) is 0 Å². The molecule has 0 radical (unpaired) electrons. The molecule has 0 aliphatic carbocycles. The Hall–Kier alpha value is -0.300. The molecule has 0 aromatic rings. The monoisotopic (exact) mass is 112 g/mol. The normalized spacial score (nSPS) is 26.0. The second-order valence-corrected chi connectivity index (χ2v) is 2.01. The van der Waals surface area contributed by atoms with Crippen LogP contribution in [-0.2, 0) is 4.74 Å². The zero-order chi connectivity index (χ0) is 5.66. The molecule has 0 bridgehead atoms. The second kappa shape index (κ2) is 3.67. The minimum absolute atomic E-state index is 0.913. The summed E-state index contributed by atoms with van der Waals surface area (Å²) < 4.78 is 5.22. The maximum absolute atomic E-state index is 5.22. The summed E-state index contributed by atoms with van der Waals surface area (Å²) in [6, 6.07) is 0. The Balaban J connectivity index is 2.17. The van der Waals surface area contributed by atoms with Crippen molar-refractivity contribution in [3.63, 3.8) is 0 Å². The first-order valence-electron chi connectivity index (χ1n) is 3.23. The lowest BCUT2D eigenvalue weighted by Gasteiger charge is -2.02. The summed E-state index contributed by atoms with van der Waals surface area (Å²) in [5.74, 6) is 0. The van der Waals surface area contributed by atoms with Gasteiger partial charge in [0, 0.05) is 6.61 Å². The Kier molecular flexibility index (Phi) is 2.68. The lowest BCUT2D eigenvalue weighted by molar-refractivity contribution is 0.134. The van der Waals surface area contributed by atoms with E-state index in [-0.39, 0.29) is 0 Å². The summed E-state index contributed by atoms with van der Waals surface area (Å²) in [6.45, 7) is 1.86. The van der Waals surface area contributed by atoms with Crippen LogP contribution in [0.3, 0.4) is 0 Å². The molecule has 0 N–H and O–H groups in total. The van der Waals surface area contributed by atoms with Crippen LogP contribution >= 0.6 is 0 Å². The summed E-state index contributed by atoms with van der Waals surface area (Å²) in [5, 5.41) is 0. The number of allylic oxidation sites excluding steroid dienone is 1. The molecule has 1 rings (SSSR count). The van der Waals surface area contributed by atoms with Gasteiger partial charge in [-0.05, 0) is 19.3 Å². The van der Waals surface area contributed by atoms with Crippen molar-refractivity contribution in [3.8, 4) is 0 Å². The molecule has 0 saturated heterocycles. The third kappa shape index (κ3) is 2.12. The number of hydrogen-bond donors (Lipinski definition) is 0. The van der Waals surface area contributed by atoms with Gasteiger partial charge in [0.1, 0.15) is 0 Å². The van der Waals surface area contributed by atoms with Crippen LogP contribution in [0.25, 0.3) is 0 Å². The fraction of sp³-hybridized carbons (Fsp3) is 0.714. The van der Waals surface area contributed by atoms with Crippen molar-refractivity contribution in [1.82, 2.24) is 0 Å². The molecule has 1 heteroatoms. The van der Waals surface area contributed by atoms with Gasteiger partial charge in [0.2, 0.25) is 0 Å². The van der Waals surface area contributed by atoms with E-state index >= 15 is 0 Å². The highest BCUT2D eigenvalue weighted by atomic mass is 16.5. The summed E-state index contributed by atoms with van der Waals surface area (Å²) in [4.78, 5) is 0. The Labute approximate surface area is 50.3 Å². The Bertz CT molecular complexity index is 66.5. The Morgan fingerprint density at radius 1 is 1.00 bits per heavy atom. The molecule has 0 atom stereocenters. The highest BCUT2D eigenvalue weighted by Gasteiger charge is 1.89. The highest BCUT2D eigenvalue weighted by molar-refractivity contribution is 4.82. The van der Waals surface area contributed by atoms with Crippen LogP contribution in [0, 0.1) is 0 Å². The van der Waals surface area contributed by atoms with Crippen molar-refractivity contribution in [3.05, 3.63) is 12.2 Å². The third-order valence-corrected chi connectivity index (χ3v) is 1.25. The Morgan fingerprint density at radius 3 is 2.88 bits per heavy atom. The van der Waals surface area contributed by atoms with Gasteiger partial charge in [-0.15, -0.1) is 0 Å². The van der Waals surface area contributed by atoms with Crippen LogP contribution in [0.2, 0.25) is 0 Å². The lowest BCUT2D eigenvalue weighted by atomic mass is 10.2. The first-order chi connectivity index (χ1) is 4.00. The molecule has 0 saturated carbocycles. The standard InChI is InChI=1S/C7H12O/c1-2-4-6-8-7-5-3-1/h1-2H,3-7H2/b2-1-. The number of ether oxygens (including phenoxy) is 1. The summed E-state index contributed by atoms with van der Waals surface area (Å²) >= 11 is 0. The number of hydrogen-bond acceptors (Lipinski definition) is 1. The second-order valence-electron chi connectivity index (χ2n) is 2.01. The summed E-state index contributed by atoms with van der Waals surface area (Å²) in [7, 11) is 0. The van der Waals surface area contributed by atoms with E-state index in [1.54, 1.807) is 0 Å². The van der Waals surface area contributed by atoms with Crippen LogP contribution in [0.1, 0.15) is 19.3 Å². The summed E-state index contributed by atoms with van der Waals surface area (Å²) in [6.07, 6.45) is 7.91. The van der Waals surface area contributed by atoms with Crippen LogP contribution in [-0.4, -0.2) is 13.2 Å². The Morgan fingerprint density at radius 2 is 1.88 bits per heavy atom. The zero-order valence-electron chi connectivity index (χ0n) is 5.10. The molecule has 1 nitrogen and oxygen atoms in total. The quantitative estimate of drug-likeness (QED) is 0.434. The van der Waals surface area contributed by atoms with Gasteiger partial charge in [0.25, 0.3) is 0 Å². The molecule has 0 unspecified atom stereocenters. The van der Waals surface area contributed by atoms with E-state index in [2.05, 4.69) is 12.2 Å². The van der Waals surface area contributed by atoms with E-state index in [0.717, 1.165) is 19.6 Å². The van der Waals surface area contributed by atoms with E-state index < -0.39 is 0 Å². The van der Waals surface area contributed by atoms with Crippen molar-refractivity contribution in [2.45, 2.75) is 19.3 Å². The van der Waals surface area contributed by atoms with Gasteiger partial charge in [0.15, 0.2) is 0 Å². The average Bonchev–Trinajstić information content (AvgIpc) is 1.62. The predicted octanol–water partition coefficient (Wildman–Crippen LogP) is 1.74. The van der Waals surface area contributed by atoms with E-state index in [1.807, 2.05) is 0 Å². The van der Waals surface area contributed by atoms with Crippen molar-refractivity contribution in [2.24, 2.45) is 0 Å². The fourth-order valence-corrected chi connectivity index (χ4v) is 0.792. The zero-order valence-corrected chi connectivity index (χ0v) is 5.10. The SMILES string of the molecule is C1=C\CCOCCC/1. The third-order valence-electron chi connectivity index (χ3n) is 1.25. The minimum Gasteiger partial charge on any atom is -0.381 e. The molecular formula is C7H12O. The van der Waals surface area contributed by atoms with Crippen molar-refractivity contribution in [2.75, 3.05) is 13.2 Å². The molecule has 0 spiro atoms. The van der Waals surface area contributed by atoms with E-state index in [0.29, 0.717) is 0 Å². The van der Waals surface area contributed by atoms with Crippen molar-refractivity contribution < 1.29 is 4.74 Å². The summed E-state index contributed by atoms with van der Waals surface area (Å²) in [5.41, 5.74) is 0. The molecule has 1 aliphatic heterocycles. The van der Waals surface area contributed by atoms with Crippen LogP contribution in [0.15, 0.2) is 12.2 Å². The van der Waals surface area contributed by atoms with E-state index in [4.69, 9.17) is 4.74 Å². The molecule has 0 aromatic heterocycles. The molecule has 0 aromatic carbocycles. The van der Waals surface area contributed by atoms with Gasteiger partial charge in [-0.1, -0.05) is 12.2 Å². The minimum atomic E-state index is 0.913. The molecular weight excluding hydrogens is 100 g/mol. The lowest BCUT2D eigenvalue weighted by Crippen LogP contribution is -1.97. The molecule has 46 valence electrons. The fourth-order valence-electron chi connectivity index (χ4n) is 0.792. The van der Waals surface area contributed by atoms with Gasteiger partial charge in [0.05, 0.1) is 6.61 Å². The first kappa shape index (κ1) is 5.83. The van der Waals surface area contributed by atoms with Crippen molar-refractivity contribution >= 4 is 0 Å². The van der Waals surface area contributed by atoms with Gasteiger partial charge >= 0.3 is 0 Å². The molecule has 1 aliphatic rings. The van der Waals surface area contributed by atoms with Gasteiger partial charge in [-0.25, -0.2) is 0 Å². The van der Waals surface area contributed by atoms with Gasteiger partial charge < -0.3 is 4.74 Å². The number of rotatable bonds is 0. The van der Waals surface area contributed by atoms with Crippen molar-refractivity contribution in [1.29, 1.82) is 0 Å². The topological polar surface area (TPSA) is 9.23 Å². The van der Waals surface area contributed by atoms with E-state index in [1.165, 1.54) is 12.8 Å². The first-order valence-corrected chi connectivity index (χ1v) is 3.23. The predicted molar refractivity (Wildman–Crippen MR) is 33.8 cm³/mol. The highest BCUT2D eigenvalue weighted by Crippen LogP contribution is 1.98. The van der Waals surface area contributed by atoms with Gasteiger partial charge in [-0.2, -0.15) is 0 Å².